The van der Waals surface area contributed by atoms with Gasteiger partial charge in [-0.1, -0.05) is 22.9 Å². The second kappa shape index (κ2) is 3.44. The first-order chi connectivity index (χ1) is 3.18. The van der Waals surface area contributed by atoms with Crippen molar-refractivity contribution in [3.8, 4) is 0 Å². The molecule has 0 amide bonds. The average molecular weight is 167 g/mol. The lowest BCUT2D eigenvalue weighted by atomic mass is 10.3. The van der Waals surface area contributed by atoms with Gasteiger partial charge >= 0.3 is 0 Å². The molecule has 1 nitrogen and oxygen atoms in total. The largest absolute Gasteiger partial charge is 0.381 e. The first kappa shape index (κ1) is 7.44. The van der Waals surface area contributed by atoms with Crippen LogP contribution in [0.2, 0.25) is 0 Å². The Morgan fingerprint density at radius 2 is 1.86 bits per heavy atom. The SMILES string of the molecule is CO[C@@H](C)[C@H](C)Br. The van der Waals surface area contributed by atoms with E-state index in [0.717, 1.165) is 0 Å². The average Bonchev–Trinajstić information content (AvgIpc) is 1.65. The van der Waals surface area contributed by atoms with Crippen molar-refractivity contribution in [3.05, 3.63) is 0 Å². The van der Waals surface area contributed by atoms with Crippen LogP contribution in [0.3, 0.4) is 0 Å². The Morgan fingerprint density at radius 3 is 1.86 bits per heavy atom. The van der Waals surface area contributed by atoms with Gasteiger partial charge in [-0.3, -0.25) is 0 Å². The third-order valence-corrected chi connectivity index (χ3v) is 1.76. The van der Waals surface area contributed by atoms with Gasteiger partial charge in [-0.15, -0.1) is 0 Å². The van der Waals surface area contributed by atoms with Gasteiger partial charge in [-0.2, -0.15) is 0 Å². The van der Waals surface area contributed by atoms with Gasteiger partial charge in [0.2, 0.25) is 0 Å². The Morgan fingerprint density at radius 1 is 1.43 bits per heavy atom. The van der Waals surface area contributed by atoms with Crippen LogP contribution in [0.25, 0.3) is 0 Å². The summed E-state index contributed by atoms with van der Waals surface area (Å²) in [5, 5.41) is 0. The maximum absolute atomic E-state index is 4.96. The van der Waals surface area contributed by atoms with Crippen molar-refractivity contribution < 1.29 is 4.74 Å². The second-order valence-corrected chi connectivity index (χ2v) is 3.06. The molecule has 0 rings (SSSR count). The van der Waals surface area contributed by atoms with E-state index in [9.17, 15) is 0 Å². The van der Waals surface area contributed by atoms with E-state index in [1.54, 1.807) is 7.11 Å². The molecule has 0 aliphatic rings. The van der Waals surface area contributed by atoms with Crippen LogP contribution in [0.4, 0.5) is 0 Å². The zero-order valence-electron chi connectivity index (χ0n) is 4.94. The van der Waals surface area contributed by atoms with Crippen LogP contribution in [0.15, 0.2) is 0 Å². The van der Waals surface area contributed by atoms with E-state index in [1.165, 1.54) is 0 Å². The molecule has 2 atom stereocenters. The highest BCUT2D eigenvalue weighted by Gasteiger charge is 2.04. The standard InChI is InChI=1S/C5H11BrO/c1-4(6)5(2)7-3/h4-5H,1-3H3/t4-,5-/m0/s1. The minimum Gasteiger partial charge on any atom is -0.381 e. The molecule has 0 radical (unpaired) electrons. The monoisotopic (exact) mass is 166 g/mol. The molecule has 7 heavy (non-hydrogen) atoms. The molecule has 0 spiro atoms. The van der Waals surface area contributed by atoms with Gasteiger partial charge in [0.15, 0.2) is 0 Å². The number of alkyl halides is 1. The Labute approximate surface area is 53.2 Å². The lowest BCUT2D eigenvalue weighted by molar-refractivity contribution is 0.121. The number of methoxy groups -OCH3 is 1. The van der Waals surface area contributed by atoms with Crippen molar-refractivity contribution in [2.45, 2.75) is 24.8 Å². The van der Waals surface area contributed by atoms with Crippen LogP contribution in [0, 0.1) is 0 Å². The molecule has 0 fully saturated rings. The highest BCUT2D eigenvalue weighted by atomic mass is 79.9. The molecule has 0 aromatic carbocycles. The van der Waals surface area contributed by atoms with E-state index in [-0.39, 0.29) is 0 Å². The van der Waals surface area contributed by atoms with E-state index >= 15 is 0 Å². The van der Waals surface area contributed by atoms with Crippen molar-refractivity contribution >= 4 is 15.9 Å². The normalized spacial score (nSPS) is 18.9. The molecule has 0 heterocycles. The molecule has 0 aliphatic carbocycles. The molecular formula is C5H11BrO. The van der Waals surface area contributed by atoms with Crippen molar-refractivity contribution in [2.75, 3.05) is 7.11 Å². The van der Waals surface area contributed by atoms with E-state index in [1.807, 2.05) is 6.92 Å². The number of ether oxygens (including phenoxy) is 1. The summed E-state index contributed by atoms with van der Waals surface area (Å²) >= 11 is 3.37. The summed E-state index contributed by atoms with van der Waals surface area (Å²) < 4.78 is 4.96. The van der Waals surface area contributed by atoms with E-state index in [4.69, 9.17) is 4.74 Å². The van der Waals surface area contributed by atoms with Gasteiger partial charge in [-0.05, 0) is 6.92 Å². The summed E-state index contributed by atoms with van der Waals surface area (Å²) in [6.45, 7) is 4.09. The Bertz CT molecular complexity index is 45.3. The van der Waals surface area contributed by atoms with Crippen LogP contribution < -0.4 is 0 Å². The highest BCUT2D eigenvalue weighted by Crippen LogP contribution is 2.05. The topological polar surface area (TPSA) is 9.23 Å². The molecule has 0 aromatic rings. The predicted octanol–water partition coefficient (Wildman–Crippen LogP) is 1.80. The van der Waals surface area contributed by atoms with Gasteiger partial charge < -0.3 is 4.74 Å². The lowest BCUT2D eigenvalue weighted by Crippen LogP contribution is -2.14. The molecule has 0 N–H and O–H groups in total. The maximum atomic E-state index is 4.96. The maximum Gasteiger partial charge on any atom is 0.0665 e. The number of rotatable bonds is 2. The molecule has 44 valence electrons. The number of halogens is 1. The van der Waals surface area contributed by atoms with Crippen LogP contribution in [0.5, 0.6) is 0 Å². The van der Waals surface area contributed by atoms with Gasteiger partial charge in [0, 0.05) is 11.9 Å². The van der Waals surface area contributed by atoms with Gasteiger partial charge in [0.25, 0.3) is 0 Å². The lowest BCUT2D eigenvalue weighted by Gasteiger charge is -2.09. The molecule has 0 bridgehead atoms. The Hall–Kier alpha value is 0.440. The summed E-state index contributed by atoms with van der Waals surface area (Å²) in [6.07, 6.45) is 0.319. The van der Waals surface area contributed by atoms with Crippen LogP contribution >= 0.6 is 15.9 Å². The van der Waals surface area contributed by atoms with E-state index < -0.39 is 0 Å². The highest BCUT2D eigenvalue weighted by molar-refractivity contribution is 9.09. The van der Waals surface area contributed by atoms with Crippen molar-refractivity contribution in [2.24, 2.45) is 0 Å². The first-order valence-electron chi connectivity index (χ1n) is 2.35. The fourth-order valence-electron chi connectivity index (χ4n) is 0.188. The smallest absolute Gasteiger partial charge is 0.0665 e. The summed E-state index contributed by atoms with van der Waals surface area (Å²) in [5.74, 6) is 0. The van der Waals surface area contributed by atoms with Gasteiger partial charge in [0.1, 0.15) is 0 Å². The predicted molar refractivity (Wildman–Crippen MR) is 34.9 cm³/mol. The minimum atomic E-state index is 0.319. The van der Waals surface area contributed by atoms with E-state index in [0.29, 0.717) is 10.9 Å². The molecule has 0 aliphatic heterocycles. The van der Waals surface area contributed by atoms with Crippen molar-refractivity contribution in [1.29, 1.82) is 0 Å². The van der Waals surface area contributed by atoms with Crippen LogP contribution in [0.1, 0.15) is 13.8 Å². The summed E-state index contributed by atoms with van der Waals surface area (Å²) in [4.78, 5) is 0.456. The quantitative estimate of drug-likeness (QED) is 0.570. The molecule has 0 aromatic heterocycles. The molecule has 0 saturated heterocycles. The Balaban J connectivity index is 3.14. The summed E-state index contributed by atoms with van der Waals surface area (Å²) in [6, 6.07) is 0. The van der Waals surface area contributed by atoms with Gasteiger partial charge in [0.05, 0.1) is 6.10 Å². The molecule has 0 saturated carbocycles. The summed E-state index contributed by atoms with van der Waals surface area (Å²) in [7, 11) is 1.71. The third kappa shape index (κ3) is 3.06. The Kier molecular flexibility index (Phi) is 3.66. The number of hydrogen-bond donors (Lipinski definition) is 0. The van der Waals surface area contributed by atoms with Crippen molar-refractivity contribution in [3.63, 3.8) is 0 Å². The zero-order valence-corrected chi connectivity index (χ0v) is 6.53. The minimum absolute atomic E-state index is 0.319. The number of hydrogen-bond acceptors (Lipinski definition) is 1. The van der Waals surface area contributed by atoms with E-state index in [2.05, 4.69) is 22.9 Å². The zero-order chi connectivity index (χ0) is 5.86. The fourth-order valence-corrected chi connectivity index (χ4v) is 0.403. The van der Waals surface area contributed by atoms with Crippen molar-refractivity contribution in [1.82, 2.24) is 0 Å². The third-order valence-electron chi connectivity index (χ3n) is 1.02. The van der Waals surface area contributed by atoms with Crippen LogP contribution in [-0.4, -0.2) is 18.0 Å². The summed E-state index contributed by atoms with van der Waals surface area (Å²) in [5.41, 5.74) is 0. The molecule has 0 unspecified atom stereocenters. The molecular weight excluding hydrogens is 156 g/mol. The van der Waals surface area contributed by atoms with Crippen LogP contribution in [-0.2, 0) is 4.74 Å². The first-order valence-corrected chi connectivity index (χ1v) is 3.27. The van der Waals surface area contributed by atoms with Gasteiger partial charge in [-0.25, -0.2) is 0 Å². The fraction of sp³-hybridized carbons (Fsp3) is 1.00. The molecule has 2 heteroatoms. The second-order valence-electron chi connectivity index (χ2n) is 1.62.